The molecule has 3 rings (SSSR count). The Balaban J connectivity index is 1.93. The fourth-order valence-corrected chi connectivity index (χ4v) is 2.57. The summed E-state index contributed by atoms with van der Waals surface area (Å²) < 4.78 is 5.17. The van der Waals surface area contributed by atoms with Gasteiger partial charge >= 0.3 is 0 Å². The molecule has 22 heavy (non-hydrogen) atoms. The second kappa shape index (κ2) is 5.56. The molecule has 0 aliphatic rings. The van der Waals surface area contributed by atoms with Crippen molar-refractivity contribution in [3.63, 3.8) is 0 Å². The van der Waals surface area contributed by atoms with Gasteiger partial charge < -0.3 is 15.0 Å². The second-order valence-electron chi connectivity index (χ2n) is 5.36. The number of carbonyl (C=O) groups excluding carboxylic acids is 1. The van der Waals surface area contributed by atoms with Crippen molar-refractivity contribution in [1.82, 2.24) is 4.98 Å². The summed E-state index contributed by atoms with van der Waals surface area (Å²) >= 11 is 0. The van der Waals surface area contributed by atoms with Gasteiger partial charge in [0.1, 0.15) is 11.4 Å². The third-order valence-corrected chi connectivity index (χ3v) is 3.77. The van der Waals surface area contributed by atoms with E-state index >= 15 is 0 Å². The van der Waals surface area contributed by atoms with Crippen molar-refractivity contribution in [2.24, 2.45) is 0 Å². The first-order valence-corrected chi connectivity index (χ1v) is 7.13. The van der Waals surface area contributed by atoms with Crippen LogP contribution in [0.15, 0.2) is 42.5 Å². The number of H-pyrrole nitrogens is 1. The van der Waals surface area contributed by atoms with E-state index in [1.807, 2.05) is 50.2 Å². The smallest absolute Gasteiger partial charge is 0.272 e. The number of hydrogen-bond donors (Lipinski definition) is 2. The van der Waals surface area contributed by atoms with E-state index in [2.05, 4.69) is 10.3 Å². The summed E-state index contributed by atoms with van der Waals surface area (Å²) in [5, 5.41) is 3.97. The van der Waals surface area contributed by atoms with Crippen molar-refractivity contribution < 1.29 is 9.53 Å². The van der Waals surface area contributed by atoms with E-state index in [1.165, 1.54) is 0 Å². The van der Waals surface area contributed by atoms with Gasteiger partial charge in [-0.15, -0.1) is 0 Å². The Labute approximate surface area is 129 Å². The van der Waals surface area contributed by atoms with Crippen LogP contribution < -0.4 is 10.1 Å². The number of aromatic nitrogens is 1. The largest absolute Gasteiger partial charge is 0.497 e. The molecule has 0 aliphatic carbocycles. The highest BCUT2D eigenvalue weighted by Crippen LogP contribution is 2.24. The molecule has 0 spiro atoms. The zero-order valence-corrected chi connectivity index (χ0v) is 12.9. The number of aryl methyl sites for hydroxylation is 2. The average Bonchev–Trinajstić information content (AvgIpc) is 2.84. The van der Waals surface area contributed by atoms with Crippen LogP contribution in [-0.4, -0.2) is 18.0 Å². The Morgan fingerprint density at radius 1 is 1.14 bits per heavy atom. The molecule has 0 unspecified atom stereocenters. The lowest BCUT2D eigenvalue weighted by Gasteiger charge is -2.06. The van der Waals surface area contributed by atoms with Crippen molar-refractivity contribution in [2.75, 3.05) is 12.4 Å². The summed E-state index contributed by atoms with van der Waals surface area (Å²) in [6.45, 7) is 3.99. The summed E-state index contributed by atoms with van der Waals surface area (Å²) in [6.07, 6.45) is 0. The molecule has 3 aromatic rings. The molecule has 0 aliphatic heterocycles. The Bertz CT molecular complexity index is 849. The molecule has 0 saturated carbocycles. The lowest BCUT2D eigenvalue weighted by atomic mass is 10.1. The van der Waals surface area contributed by atoms with Crippen molar-refractivity contribution in [2.45, 2.75) is 13.8 Å². The molecule has 2 aromatic carbocycles. The number of methoxy groups -OCH3 is 1. The predicted octanol–water partition coefficient (Wildman–Crippen LogP) is 4.05. The fraction of sp³-hybridized carbons (Fsp3) is 0.167. The number of benzene rings is 2. The quantitative estimate of drug-likeness (QED) is 0.765. The van der Waals surface area contributed by atoms with Crippen LogP contribution >= 0.6 is 0 Å². The number of fused-ring (bicyclic) bond motifs is 1. The van der Waals surface area contributed by atoms with Gasteiger partial charge in [-0.05, 0) is 43.2 Å². The van der Waals surface area contributed by atoms with Crippen LogP contribution in [0, 0.1) is 13.8 Å². The van der Waals surface area contributed by atoms with Crippen LogP contribution in [-0.2, 0) is 0 Å². The van der Waals surface area contributed by atoms with Crippen molar-refractivity contribution in [3.05, 3.63) is 59.3 Å². The minimum atomic E-state index is -0.153. The van der Waals surface area contributed by atoms with Crippen LogP contribution in [0.1, 0.15) is 21.6 Å². The average molecular weight is 294 g/mol. The maximum atomic E-state index is 12.5. The summed E-state index contributed by atoms with van der Waals surface area (Å²) in [4.78, 5) is 15.7. The first-order valence-electron chi connectivity index (χ1n) is 7.13. The van der Waals surface area contributed by atoms with Crippen LogP contribution in [0.5, 0.6) is 5.75 Å². The number of aromatic amines is 1. The monoisotopic (exact) mass is 294 g/mol. The first kappa shape index (κ1) is 14.2. The van der Waals surface area contributed by atoms with E-state index in [9.17, 15) is 4.79 Å². The van der Waals surface area contributed by atoms with E-state index in [-0.39, 0.29) is 5.91 Å². The summed E-state index contributed by atoms with van der Waals surface area (Å²) in [6, 6.07) is 13.4. The third-order valence-electron chi connectivity index (χ3n) is 3.77. The molecule has 4 nitrogen and oxygen atoms in total. The molecule has 4 heteroatoms. The number of carbonyl (C=O) groups is 1. The lowest BCUT2D eigenvalue weighted by molar-refractivity contribution is 0.102. The zero-order chi connectivity index (χ0) is 15.7. The van der Waals surface area contributed by atoms with E-state index in [4.69, 9.17) is 4.74 Å². The molecule has 112 valence electrons. The number of hydrogen-bond acceptors (Lipinski definition) is 2. The summed E-state index contributed by atoms with van der Waals surface area (Å²) in [5.74, 6) is 0.557. The van der Waals surface area contributed by atoms with Gasteiger partial charge in [0, 0.05) is 22.7 Å². The minimum Gasteiger partial charge on any atom is -0.497 e. The number of anilines is 1. The Hall–Kier alpha value is -2.75. The lowest BCUT2D eigenvalue weighted by Crippen LogP contribution is -2.13. The second-order valence-corrected chi connectivity index (χ2v) is 5.36. The van der Waals surface area contributed by atoms with Gasteiger partial charge in [-0.25, -0.2) is 0 Å². The normalized spacial score (nSPS) is 10.7. The van der Waals surface area contributed by atoms with Gasteiger partial charge in [0.25, 0.3) is 5.91 Å². The molecule has 1 amide bonds. The number of nitrogens with one attached hydrogen (secondary N) is 2. The fourth-order valence-electron chi connectivity index (χ4n) is 2.57. The van der Waals surface area contributed by atoms with Crippen LogP contribution in [0.4, 0.5) is 5.69 Å². The van der Waals surface area contributed by atoms with Crippen LogP contribution in [0.25, 0.3) is 10.9 Å². The van der Waals surface area contributed by atoms with Gasteiger partial charge in [-0.3, -0.25) is 4.79 Å². The maximum Gasteiger partial charge on any atom is 0.272 e. The number of rotatable bonds is 3. The van der Waals surface area contributed by atoms with E-state index in [0.717, 1.165) is 22.0 Å². The Kier molecular flexibility index (Phi) is 3.59. The molecule has 1 aromatic heterocycles. The highest BCUT2D eigenvalue weighted by molar-refractivity contribution is 6.07. The standard InChI is InChI=1S/C18H18N2O2/c1-11-7-8-15-12(2)17(20-16(15)9-11)18(21)19-13-5-4-6-14(10-13)22-3/h4-10,20H,1-3H3,(H,19,21). The molecule has 0 saturated heterocycles. The number of ether oxygens (including phenoxy) is 1. The van der Waals surface area contributed by atoms with Gasteiger partial charge in [0.15, 0.2) is 0 Å². The summed E-state index contributed by atoms with van der Waals surface area (Å²) in [5.41, 5.74) is 4.39. The van der Waals surface area contributed by atoms with Gasteiger partial charge in [0.05, 0.1) is 7.11 Å². The summed E-state index contributed by atoms with van der Waals surface area (Å²) in [7, 11) is 1.60. The molecule has 2 N–H and O–H groups in total. The van der Waals surface area contributed by atoms with Gasteiger partial charge in [-0.2, -0.15) is 0 Å². The Morgan fingerprint density at radius 2 is 1.95 bits per heavy atom. The molecule has 0 radical (unpaired) electrons. The third kappa shape index (κ3) is 2.55. The van der Waals surface area contributed by atoms with E-state index in [1.54, 1.807) is 13.2 Å². The van der Waals surface area contributed by atoms with Gasteiger partial charge in [0.2, 0.25) is 0 Å². The van der Waals surface area contributed by atoms with Crippen molar-refractivity contribution >= 4 is 22.5 Å². The molecule has 0 atom stereocenters. The van der Waals surface area contributed by atoms with Gasteiger partial charge in [-0.1, -0.05) is 18.2 Å². The Morgan fingerprint density at radius 3 is 2.73 bits per heavy atom. The SMILES string of the molecule is COc1cccc(NC(=O)c2[nH]c3cc(C)ccc3c2C)c1. The molecule has 1 heterocycles. The van der Waals surface area contributed by atoms with Crippen molar-refractivity contribution in [1.29, 1.82) is 0 Å². The van der Waals surface area contributed by atoms with E-state index < -0.39 is 0 Å². The molecule has 0 fully saturated rings. The van der Waals surface area contributed by atoms with E-state index in [0.29, 0.717) is 17.1 Å². The molecular formula is C18H18N2O2. The highest BCUT2D eigenvalue weighted by atomic mass is 16.5. The molecular weight excluding hydrogens is 276 g/mol. The minimum absolute atomic E-state index is 0.153. The number of amides is 1. The highest BCUT2D eigenvalue weighted by Gasteiger charge is 2.15. The zero-order valence-electron chi connectivity index (χ0n) is 12.9. The van der Waals surface area contributed by atoms with Crippen LogP contribution in [0.2, 0.25) is 0 Å². The van der Waals surface area contributed by atoms with Crippen molar-refractivity contribution in [3.8, 4) is 5.75 Å². The molecule has 0 bridgehead atoms. The van der Waals surface area contributed by atoms with Crippen LogP contribution in [0.3, 0.4) is 0 Å². The predicted molar refractivity (Wildman–Crippen MR) is 88.7 cm³/mol. The maximum absolute atomic E-state index is 12.5. The topological polar surface area (TPSA) is 54.1 Å². The first-order chi connectivity index (χ1) is 10.6.